The molecule has 25 heavy (non-hydrogen) atoms. The highest BCUT2D eigenvalue weighted by Crippen LogP contribution is 2.13. The number of benzene rings is 1. The quantitative estimate of drug-likeness (QED) is 0.586. The van der Waals surface area contributed by atoms with Gasteiger partial charge in [-0.15, -0.1) is 0 Å². The van der Waals surface area contributed by atoms with Crippen molar-refractivity contribution in [3.63, 3.8) is 0 Å². The lowest BCUT2D eigenvalue weighted by molar-refractivity contribution is 0.0946. The molecule has 4 aromatic rings. The van der Waals surface area contributed by atoms with E-state index < -0.39 is 0 Å². The Hall–Kier alpha value is -3.48. The molecule has 1 amide bonds. The number of aromatic amines is 1. The first-order valence-corrected chi connectivity index (χ1v) is 7.91. The van der Waals surface area contributed by atoms with Gasteiger partial charge in [-0.2, -0.15) is 5.10 Å². The van der Waals surface area contributed by atoms with Crippen LogP contribution in [0.3, 0.4) is 0 Å². The highest BCUT2D eigenvalue weighted by atomic mass is 16.1. The summed E-state index contributed by atoms with van der Waals surface area (Å²) in [5.41, 5.74) is 4.13. The van der Waals surface area contributed by atoms with Crippen LogP contribution in [0.1, 0.15) is 21.7 Å². The lowest BCUT2D eigenvalue weighted by Crippen LogP contribution is -2.23. The van der Waals surface area contributed by atoms with E-state index in [1.54, 1.807) is 24.8 Å². The van der Waals surface area contributed by atoms with Gasteiger partial charge in [0.05, 0.1) is 29.6 Å². The van der Waals surface area contributed by atoms with Crippen molar-refractivity contribution in [2.24, 2.45) is 0 Å². The van der Waals surface area contributed by atoms with E-state index in [-0.39, 0.29) is 5.91 Å². The van der Waals surface area contributed by atoms with Crippen molar-refractivity contribution in [3.8, 4) is 0 Å². The molecule has 0 aliphatic carbocycles. The minimum atomic E-state index is -0.221. The molecule has 0 saturated heterocycles. The molecule has 7 heteroatoms. The number of nitrogens with zero attached hydrogens (tertiary/aromatic N) is 4. The lowest BCUT2D eigenvalue weighted by atomic mass is 10.2. The zero-order chi connectivity index (χ0) is 17.1. The third-order valence-electron chi connectivity index (χ3n) is 3.91. The summed E-state index contributed by atoms with van der Waals surface area (Å²) in [4.78, 5) is 20.6. The fourth-order valence-electron chi connectivity index (χ4n) is 2.65. The average molecular weight is 332 g/mol. The Morgan fingerprint density at radius 3 is 3.00 bits per heavy atom. The van der Waals surface area contributed by atoms with Crippen molar-refractivity contribution in [2.75, 3.05) is 0 Å². The zero-order valence-corrected chi connectivity index (χ0v) is 13.4. The van der Waals surface area contributed by atoms with Gasteiger partial charge >= 0.3 is 0 Å². The topological polar surface area (TPSA) is 88.5 Å². The van der Waals surface area contributed by atoms with E-state index in [1.165, 1.54) is 0 Å². The van der Waals surface area contributed by atoms with E-state index in [1.807, 2.05) is 41.0 Å². The van der Waals surface area contributed by atoms with Crippen LogP contribution in [0, 0.1) is 0 Å². The maximum absolute atomic E-state index is 12.2. The van der Waals surface area contributed by atoms with Gasteiger partial charge in [-0.1, -0.05) is 18.2 Å². The number of hydrogen-bond donors (Lipinski definition) is 2. The second-order valence-corrected chi connectivity index (χ2v) is 5.68. The number of fused-ring (bicyclic) bond motifs is 1. The summed E-state index contributed by atoms with van der Waals surface area (Å²) in [6.07, 6.45) is 5.21. The summed E-state index contributed by atoms with van der Waals surface area (Å²) in [6.45, 7) is 0.990. The molecule has 0 spiro atoms. The van der Waals surface area contributed by atoms with Crippen LogP contribution in [-0.2, 0) is 13.1 Å². The first-order valence-electron chi connectivity index (χ1n) is 7.91. The second-order valence-electron chi connectivity index (χ2n) is 5.68. The summed E-state index contributed by atoms with van der Waals surface area (Å²) < 4.78 is 2.01. The van der Waals surface area contributed by atoms with Crippen molar-refractivity contribution >= 4 is 16.9 Å². The first kappa shape index (κ1) is 15.1. The monoisotopic (exact) mass is 332 g/mol. The highest BCUT2D eigenvalue weighted by molar-refractivity contribution is 5.92. The molecule has 0 bridgehead atoms. The fraction of sp³-hybridized carbons (Fsp3) is 0.111. The summed E-state index contributed by atoms with van der Waals surface area (Å²) in [5, 5.41) is 9.86. The van der Waals surface area contributed by atoms with E-state index in [0.717, 1.165) is 22.3 Å². The van der Waals surface area contributed by atoms with Gasteiger partial charge in [-0.05, 0) is 29.8 Å². The lowest BCUT2D eigenvalue weighted by Gasteiger charge is -2.02. The van der Waals surface area contributed by atoms with E-state index in [9.17, 15) is 4.79 Å². The number of nitrogens with one attached hydrogen (secondary N) is 2. The van der Waals surface area contributed by atoms with Crippen LogP contribution in [0.4, 0.5) is 0 Å². The molecule has 0 saturated carbocycles. The van der Waals surface area contributed by atoms with Crippen molar-refractivity contribution in [3.05, 3.63) is 78.1 Å². The summed E-state index contributed by atoms with van der Waals surface area (Å²) in [6, 6.07) is 13.4. The number of H-pyrrole nitrogens is 1. The minimum absolute atomic E-state index is 0.221. The predicted octanol–water partition coefficient (Wildman–Crippen LogP) is 2.13. The molecule has 0 aliphatic heterocycles. The third kappa shape index (κ3) is 3.25. The van der Waals surface area contributed by atoms with Crippen molar-refractivity contribution < 1.29 is 4.79 Å². The number of imidazole rings is 1. The Kier molecular flexibility index (Phi) is 3.96. The molecule has 0 aliphatic rings. The van der Waals surface area contributed by atoms with Crippen molar-refractivity contribution in [2.45, 2.75) is 13.1 Å². The Balaban J connectivity index is 1.44. The summed E-state index contributed by atoms with van der Waals surface area (Å²) >= 11 is 0. The zero-order valence-electron chi connectivity index (χ0n) is 13.4. The van der Waals surface area contributed by atoms with Gasteiger partial charge in [0.2, 0.25) is 0 Å². The van der Waals surface area contributed by atoms with Gasteiger partial charge in [0.15, 0.2) is 0 Å². The van der Waals surface area contributed by atoms with Crippen LogP contribution in [0.15, 0.2) is 61.2 Å². The van der Waals surface area contributed by atoms with Crippen LogP contribution in [-0.4, -0.2) is 30.6 Å². The standard InChI is InChI=1S/C18H16N6O/c25-18(20-10-13-4-3-7-19-9-13)16-8-14(22-23-16)11-24-12-21-15-5-1-2-6-17(15)24/h1-9,12H,10-11H2,(H,20,25)(H,22,23). The smallest absolute Gasteiger partial charge is 0.272 e. The van der Waals surface area contributed by atoms with Gasteiger partial charge in [-0.25, -0.2) is 4.98 Å². The van der Waals surface area contributed by atoms with Gasteiger partial charge in [0, 0.05) is 18.9 Å². The molecular weight excluding hydrogens is 316 g/mol. The molecule has 0 atom stereocenters. The normalized spacial score (nSPS) is 10.9. The van der Waals surface area contributed by atoms with E-state index >= 15 is 0 Å². The Bertz CT molecular complexity index is 1000. The van der Waals surface area contributed by atoms with Gasteiger partial charge < -0.3 is 9.88 Å². The van der Waals surface area contributed by atoms with Crippen LogP contribution in [0.5, 0.6) is 0 Å². The molecule has 1 aromatic carbocycles. The van der Waals surface area contributed by atoms with E-state index in [2.05, 4.69) is 25.5 Å². The van der Waals surface area contributed by atoms with Crippen LogP contribution >= 0.6 is 0 Å². The molecular formula is C18H16N6O. The minimum Gasteiger partial charge on any atom is -0.347 e. The Labute approximate surface area is 143 Å². The van der Waals surface area contributed by atoms with Crippen LogP contribution in [0.2, 0.25) is 0 Å². The van der Waals surface area contributed by atoms with Gasteiger partial charge in [0.1, 0.15) is 5.69 Å². The van der Waals surface area contributed by atoms with Crippen molar-refractivity contribution in [1.82, 2.24) is 30.0 Å². The summed E-state index contributed by atoms with van der Waals surface area (Å²) in [7, 11) is 0. The third-order valence-corrected chi connectivity index (χ3v) is 3.91. The Morgan fingerprint density at radius 1 is 1.20 bits per heavy atom. The van der Waals surface area contributed by atoms with Crippen molar-refractivity contribution in [1.29, 1.82) is 0 Å². The molecule has 4 rings (SSSR count). The van der Waals surface area contributed by atoms with E-state index in [0.29, 0.717) is 18.8 Å². The van der Waals surface area contributed by atoms with Gasteiger partial charge in [0.25, 0.3) is 5.91 Å². The van der Waals surface area contributed by atoms with E-state index in [4.69, 9.17) is 0 Å². The second kappa shape index (κ2) is 6.56. The number of aromatic nitrogens is 5. The first-order chi connectivity index (χ1) is 12.3. The number of hydrogen-bond acceptors (Lipinski definition) is 4. The maximum atomic E-state index is 12.2. The molecule has 124 valence electrons. The Morgan fingerprint density at radius 2 is 2.12 bits per heavy atom. The number of carbonyl (C=O) groups is 1. The fourth-order valence-corrected chi connectivity index (χ4v) is 2.65. The number of pyridine rings is 1. The van der Waals surface area contributed by atoms with Gasteiger partial charge in [-0.3, -0.25) is 14.9 Å². The molecule has 0 radical (unpaired) electrons. The largest absolute Gasteiger partial charge is 0.347 e. The maximum Gasteiger partial charge on any atom is 0.272 e. The van der Waals surface area contributed by atoms with Crippen LogP contribution < -0.4 is 5.32 Å². The number of para-hydroxylation sites is 2. The number of amides is 1. The molecule has 2 N–H and O–H groups in total. The molecule has 3 aromatic heterocycles. The summed E-state index contributed by atoms with van der Waals surface area (Å²) in [5.74, 6) is -0.221. The number of carbonyl (C=O) groups excluding carboxylic acids is 1. The predicted molar refractivity (Wildman–Crippen MR) is 92.8 cm³/mol. The average Bonchev–Trinajstić information content (AvgIpc) is 3.29. The highest BCUT2D eigenvalue weighted by Gasteiger charge is 2.11. The number of rotatable bonds is 5. The molecule has 0 unspecified atom stereocenters. The molecule has 3 heterocycles. The SMILES string of the molecule is O=C(NCc1cccnc1)c1cc(Cn2cnc3ccccc32)[nH]n1. The van der Waals surface area contributed by atoms with Crippen LogP contribution in [0.25, 0.3) is 11.0 Å². The molecule has 7 nitrogen and oxygen atoms in total. The molecule has 0 fully saturated rings.